The number of unbranched alkanes of at least 4 members (excludes halogenated alkanes) is 1. The van der Waals surface area contributed by atoms with Crippen LogP contribution >= 0.6 is 0 Å². The molecule has 0 saturated carbocycles. The average molecular weight is 331 g/mol. The van der Waals surface area contributed by atoms with E-state index < -0.39 is 0 Å². The van der Waals surface area contributed by atoms with Crippen LogP contribution in [-0.2, 0) is 14.3 Å². The van der Waals surface area contributed by atoms with Gasteiger partial charge < -0.3 is 14.4 Å². The number of esters is 1. The van der Waals surface area contributed by atoms with Gasteiger partial charge in [-0.05, 0) is 41.7 Å². The van der Waals surface area contributed by atoms with Gasteiger partial charge in [-0.3, -0.25) is 0 Å². The average Bonchev–Trinajstić information content (AvgIpc) is 2.60. The Labute approximate surface area is 145 Å². The van der Waals surface area contributed by atoms with Crippen LogP contribution in [-0.4, -0.2) is 38.9 Å². The first-order valence-corrected chi connectivity index (χ1v) is 8.93. The molecule has 0 unspecified atom stereocenters. The molecule has 1 aliphatic rings. The Kier molecular flexibility index (Phi) is 7.32. The first-order chi connectivity index (χ1) is 11.6. The molecule has 1 aliphatic heterocycles. The van der Waals surface area contributed by atoms with Crippen LogP contribution in [0, 0.1) is 0 Å². The number of carbonyl (C=O) groups excluding carboxylic acids is 1. The number of carbonyl (C=O) groups is 1. The normalized spacial score (nSPS) is 15.2. The van der Waals surface area contributed by atoms with Gasteiger partial charge in [0.2, 0.25) is 0 Å². The number of hydrogen-bond acceptors (Lipinski definition) is 4. The summed E-state index contributed by atoms with van der Waals surface area (Å²) in [5.41, 5.74) is 3.49. The zero-order chi connectivity index (χ0) is 17.4. The predicted molar refractivity (Wildman–Crippen MR) is 98.5 cm³/mol. The van der Waals surface area contributed by atoms with Crippen molar-refractivity contribution in [3.8, 4) is 0 Å². The highest BCUT2D eigenvalue weighted by Crippen LogP contribution is 2.27. The van der Waals surface area contributed by atoms with E-state index in [4.69, 9.17) is 9.47 Å². The van der Waals surface area contributed by atoms with Crippen molar-refractivity contribution in [3.63, 3.8) is 0 Å². The highest BCUT2D eigenvalue weighted by Gasteiger charge is 2.15. The van der Waals surface area contributed by atoms with Gasteiger partial charge in [0.15, 0.2) is 0 Å². The highest BCUT2D eigenvalue weighted by atomic mass is 16.5. The largest absolute Gasteiger partial charge is 0.463 e. The van der Waals surface area contributed by atoms with Gasteiger partial charge in [0.25, 0.3) is 0 Å². The molecular formula is C20H29NO3. The third kappa shape index (κ3) is 5.38. The van der Waals surface area contributed by atoms with Gasteiger partial charge in [0.05, 0.1) is 19.8 Å². The van der Waals surface area contributed by atoms with Crippen molar-refractivity contribution in [1.82, 2.24) is 0 Å². The fourth-order valence-electron chi connectivity index (χ4n) is 2.68. The second-order valence-corrected chi connectivity index (χ2v) is 6.43. The Morgan fingerprint density at radius 3 is 2.75 bits per heavy atom. The molecule has 0 atom stereocenters. The Balaban J connectivity index is 2.17. The second kappa shape index (κ2) is 9.48. The van der Waals surface area contributed by atoms with Crippen LogP contribution in [0.2, 0.25) is 0 Å². The monoisotopic (exact) mass is 331 g/mol. The Bertz CT molecular complexity index is 560. The first kappa shape index (κ1) is 18.5. The molecule has 1 aromatic rings. The molecule has 0 N–H and O–H groups in total. The maximum atomic E-state index is 11.9. The van der Waals surface area contributed by atoms with Gasteiger partial charge in [-0.25, -0.2) is 4.79 Å². The third-order valence-electron chi connectivity index (χ3n) is 4.21. The molecule has 24 heavy (non-hydrogen) atoms. The lowest BCUT2D eigenvalue weighted by molar-refractivity contribution is -0.137. The van der Waals surface area contributed by atoms with Crippen LogP contribution in [0.5, 0.6) is 0 Å². The standard InChI is InChI=1S/C20H29NO3/c1-4-5-12-24-20(22)9-7-18-15-17(16(2)3)6-8-19(18)21-10-13-23-14-11-21/h6-9,15-16H,4-5,10-14H2,1-3H3/b9-7+. The molecule has 1 saturated heterocycles. The molecule has 2 rings (SSSR count). The molecular weight excluding hydrogens is 302 g/mol. The summed E-state index contributed by atoms with van der Waals surface area (Å²) in [6, 6.07) is 6.50. The molecule has 4 nitrogen and oxygen atoms in total. The molecule has 1 aromatic carbocycles. The Hall–Kier alpha value is -1.81. The van der Waals surface area contributed by atoms with Crippen molar-refractivity contribution in [2.75, 3.05) is 37.8 Å². The topological polar surface area (TPSA) is 38.8 Å². The fourth-order valence-corrected chi connectivity index (χ4v) is 2.68. The van der Waals surface area contributed by atoms with E-state index in [2.05, 4.69) is 43.9 Å². The quantitative estimate of drug-likeness (QED) is 0.430. The van der Waals surface area contributed by atoms with Gasteiger partial charge >= 0.3 is 5.97 Å². The lowest BCUT2D eigenvalue weighted by atomic mass is 9.99. The van der Waals surface area contributed by atoms with Crippen molar-refractivity contribution < 1.29 is 14.3 Å². The summed E-state index contributed by atoms with van der Waals surface area (Å²) in [4.78, 5) is 14.2. The Morgan fingerprint density at radius 2 is 2.08 bits per heavy atom. The second-order valence-electron chi connectivity index (χ2n) is 6.43. The van der Waals surface area contributed by atoms with Crippen molar-refractivity contribution in [1.29, 1.82) is 0 Å². The van der Waals surface area contributed by atoms with Crippen LogP contribution in [0.3, 0.4) is 0 Å². The number of hydrogen-bond donors (Lipinski definition) is 0. The lowest BCUT2D eigenvalue weighted by Gasteiger charge is -2.30. The molecule has 0 aromatic heterocycles. The minimum absolute atomic E-state index is 0.272. The number of rotatable bonds is 7. The minimum atomic E-state index is -0.272. The van der Waals surface area contributed by atoms with Crippen LogP contribution in [0.25, 0.3) is 6.08 Å². The zero-order valence-electron chi connectivity index (χ0n) is 15.1. The molecule has 0 amide bonds. The third-order valence-corrected chi connectivity index (χ3v) is 4.21. The van der Waals surface area contributed by atoms with Gasteiger partial charge in [-0.15, -0.1) is 0 Å². The van der Waals surface area contributed by atoms with E-state index in [0.717, 1.165) is 50.4 Å². The van der Waals surface area contributed by atoms with Gasteiger partial charge in [0.1, 0.15) is 0 Å². The zero-order valence-corrected chi connectivity index (χ0v) is 15.1. The van der Waals surface area contributed by atoms with Crippen LogP contribution < -0.4 is 4.90 Å². The lowest BCUT2D eigenvalue weighted by Crippen LogP contribution is -2.36. The summed E-state index contributed by atoms with van der Waals surface area (Å²) in [5.74, 6) is 0.179. The van der Waals surface area contributed by atoms with Crippen LogP contribution in [0.15, 0.2) is 24.3 Å². The fraction of sp³-hybridized carbons (Fsp3) is 0.550. The van der Waals surface area contributed by atoms with E-state index >= 15 is 0 Å². The van der Waals surface area contributed by atoms with E-state index in [-0.39, 0.29) is 5.97 Å². The summed E-state index contributed by atoms with van der Waals surface area (Å²) in [7, 11) is 0. The molecule has 4 heteroatoms. The summed E-state index contributed by atoms with van der Waals surface area (Å²) in [6.45, 7) is 10.2. The molecule has 0 bridgehead atoms. The van der Waals surface area contributed by atoms with E-state index in [0.29, 0.717) is 12.5 Å². The predicted octanol–water partition coefficient (Wildman–Crippen LogP) is 4.00. The van der Waals surface area contributed by atoms with Crippen LogP contribution in [0.1, 0.15) is 50.7 Å². The van der Waals surface area contributed by atoms with E-state index in [9.17, 15) is 4.79 Å². The van der Waals surface area contributed by atoms with Gasteiger partial charge in [0, 0.05) is 24.9 Å². The molecule has 1 fully saturated rings. The number of nitrogens with zero attached hydrogens (tertiary/aromatic N) is 1. The maximum Gasteiger partial charge on any atom is 0.330 e. The van der Waals surface area contributed by atoms with E-state index in [1.165, 1.54) is 5.56 Å². The summed E-state index contributed by atoms with van der Waals surface area (Å²) >= 11 is 0. The van der Waals surface area contributed by atoms with Gasteiger partial charge in [-0.2, -0.15) is 0 Å². The number of anilines is 1. The Morgan fingerprint density at radius 1 is 1.33 bits per heavy atom. The van der Waals surface area contributed by atoms with Crippen molar-refractivity contribution in [3.05, 3.63) is 35.4 Å². The summed E-state index contributed by atoms with van der Waals surface area (Å²) in [5, 5.41) is 0. The molecule has 132 valence electrons. The van der Waals surface area contributed by atoms with E-state index in [1.54, 1.807) is 6.08 Å². The number of morpholine rings is 1. The minimum Gasteiger partial charge on any atom is -0.463 e. The maximum absolute atomic E-state index is 11.9. The van der Waals surface area contributed by atoms with E-state index in [1.807, 2.05) is 6.08 Å². The van der Waals surface area contributed by atoms with Crippen molar-refractivity contribution in [2.45, 2.75) is 39.5 Å². The smallest absolute Gasteiger partial charge is 0.330 e. The van der Waals surface area contributed by atoms with Crippen molar-refractivity contribution >= 4 is 17.7 Å². The van der Waals surface area contributed by atoms with Crippen LogP contribution in [0.4, 0.5) is 5.69 Å². The molecule has 0 aliphatic carbocycles. The summed E-state index contributed by atoms with van der Waals surface area (Å²) < 4.78 is 10.7. The summed E-state index contributed by atoms with van der Waals surface area (Å²) in [6.07, 6.45) is 5.35. The highest BCUT2D eigenvalue weighted by molar-refractivity contribution is 5.88. The van der Waals surface area contributed by atoms with Crippen molar-refractivity contribution in [2.24, 2.45) is 0 Å². The number of benzene rings is 1. The number of ether oxygens (including phenoxy) is 2. The van der Waals surface area contributed by atoms with Gasteiger partial charge in [-0.1, -0.05) is 33.3 Å². The first-order valence-electron chi connectivity index (χ1n) is 8.93. The molecule has 1 heterocycles. The molecule has 0 radical (unpaired) electrons. The molecule has 0 spiro atoms. The SMILES string of the molecule is CCCCOC(=O)/C=C/c1cc(C(C)C)ccc1N1CCOCC1.